The summed E-state index contributed by atoms with van der Waals surface area (Å²) in [6.45, 7) is 3.79. The third kappa shape index (κ3) is 1.68. The van der Waals surface area contributed by atoms with Crippen molar-refractivity contribution in [2.24, 2.45) is 5.10 Å². The highest BCUT2D eigenvalue weighted by Gasteiger charge is 2.32. The predicted octanol–water partition coefficient (Wildman–Crippen LogP) is 2.46. The number of amidine groups is 1. The van der Waals surface area contributed by atoms with Crippen LogP contribution in [-0.4, -0.2) is 17.8 Å². The zero-order valence-electron chi connectivity index (χ0n) is 9.23. The Morgan fingerprint density at radius 3 is 1.72 bits per heavy atom. The Labute approximate surface area is 99.1 Å². The average molecular weight is 263 g/mol. The molecule has 0 bridgehead atoms. The lowest BCUT2D eigenvalue weighted by Gasteiger charge is -2.16. The van der Waals surface area contributed by atoms with Gasteiger partial charge in [0.25, 0.3) is 0 Å². The number of anilines is 1. The van der Waals surface area contributed by atoms with E-state index in [1.54, 1.807) is 0 Å². The second-order valence-corrected chi connectivity index (χ2v) is 3.54. The van der Waals surface area contributed by atoms with Gasteiger partial charge >= 0.3 is 0 Å². The molecule has 0 amide bonds. The van der Waals surface area contributed by atoms with E-state index in [2.05, 4.69) is 11.8 Å². The lowest BCUT2D eigenvalue weighted by molar-refractivity contribution is 0.378. The maximum atomic E-state index is 13.4. The van der Waals surface area contributed by atoms with Crippen LogP contribution in [0.15, 0.2) is 5.10 Å². The largest absolute Gasteiger partial charge is 0.330 e. The van der Waals surface area contributed by atoms with Crippen molar-refractivity contribution in [2.45, 2.75) is 6.92 Å². The summed E-state index contributed by atoms with van der Waals surface area (Å²) >= 11 is 0. The molecule has 0 fully saturated rings. The molecule has 2 rings (SSSR count). The van der Waals surface area contributed by atoms with Crippen molar-refractivity contribution in [1.82, 2.24) is 4.90 Å². The average Bonchev–Trinajstić information content (AvgIpc) is 2.64. The Morgan fingerprint density at radius 1 is 0.889 bits per heavy atom. The quantitative estimate of drug-likeness (QED) is 0.440. The van der Waals surface area contributed by atoms with Gasteiger partial charge < -0.3 is 4.90 Å². The van der Waals surface area contributed by atoms with E-state index < -0.39 is 34.8 Å². The van der Waals surface area contributed by atoms with Gasteiger partial charge in [0.15, 0.2) is 23.3 Å². The van der Waals surface area contributed by atoms with Gasteiger partial charge in [-0.05, 0) is 6.92 Å². The normalized spacial score (nSPS) is 15.4. The molecular formula is C10H6F5N3. The maximum Gasteiger partial charge on any atom is 0.232 e. The van der Waals surface area contributed by atoms with Crippen molar-refractivity contribution in [3.05, 3.63) is 35.8 Å². The van der Waals surface area contributed by atoms with Crippen molar-refractivity contribution in [3.8, 4) is 0 Å². The molecule has 0 saturated carbocycles. The molecule has 96 valence electrons. The Balaban J connectivity index is 2.60. The van der Waals surface area contributed by atoms with E-state index in [0.29, 0.717) is 10.8 Å². The molecule has 1 aliphatic rings. The Hall–Kier alpha value is -1.86. The van der Waals surface area contributed by atoms with Crippen molar-refractivity contribution >= 4 is 11.5 Å². The van der Waals surface area contributed by atoms with Crippen LogP contribution in [0.4, 0.5) is 27.6 Å². The highest BCUT2D eigenvalue weighted by Crippen LogP contribution is 2.32. The Morgan fingerprint density at radius 2 is 1.33 bits per heavy atom. The van der Waals surface area contributed by atoms with Crippen LogP contribution in [0.5, 0.6) is 0 Å². The molecule has 0 unspecified atom stereocenters. The number of benzene rings is 1. The minimum Gasteiger partial charge on any atom is -0.330 e. The Kier molecular flexibility index (Phi) is 2.88. The summed E-state index contributed by atoms with van der Waals surface area (Å²) in [7, 11) is 1.46. The molecule has 1 aromatic rings. The molecule has 0 aliphatic carbocycles. The molecule has 0 saturated heterocycles. The smallest absolute Gasteiger partial charge is 0.232 e. The zero-order chi connectivity index (χ0) is 13.6. The molecule has 1 heterocycles. The van der Waals surface area contributed by atoms with E-state index in [9.17, 15) is 22.0 Å². The van der Waals surface area contributed by atoms with Gasteiger partial charge in [-0.1, -0.05) is 0 Å². The lowest BCUT2D eigenvalue weighted by atomic mass is 10.2. The summed E-state index contributed by atoms with van der Waals surface area (Å²) in [5, 5.41) is 4.08. The minimum absolute atomic E-state index is 0.291. The summed E-state index contributed by atoms with van der Waals surface area (Å²) in [6.07, 6.45) is 0. The van der Waals surface area contributed by atoms with Crippen LogP contribution < -0.4 is 5.01 Å². The molecule has 0 N–H and O–H groups in total. The third-order valence-corrected chi connectivity index (χ3v) is 2.37. The topological polar surface area (TPSA) is 18.8 Å². The van der Waals surface area contributed by atoms with E-state index in [1.807, 2.05) is 0 Å². The van der Waals surface area contributed by atoms with Gasteiger partial charge in [-0.2, -0.15) is 5.10 Å². The van der Waals surface area contributed by atoms with Crippen LogP contribution >= 0.6 is 0 Å². The van der Waals surface area contributed by atoms with Gasteiger partial charge in [0.2, 0.25) is 12.5 Å². The van der Waals surface area contributed by atoms with Crippen molar-refractivity contribution in [1.29, 1.82) is 0 Å². The van der Waals surface area contributed by atoms with Crippen LogP contribution in [-0.2, 0) is 0 Å². The zero-order valence-corrected chi connectivity index (χ0v) is 9.23. The molecule has 0 atom stereocenters. The standard InChI is InChI=1S/C10H6F5N3/c1-4-16-18(3-17(4)2)10-8(14)6(12)5(11)7(13)9(10)15/h1-2H3. The molecule has 8 heteroatoms. The number of hydrogen-bond donors (Lipinski definition) is 0. The van der Waals surface area contributed by atoms with Gasteiger partial charge in [0.05, 0.1) is 0 Å². The second kappa shape index (κ2) is 4.11. The van der Waals surface area contributed by atoms with Gasteiger partial charge in [-0.25, -0.2) is 27.0 Å². The highest BCUT2D eigenvalue weighted by atomic mass is 19.2. The minimum atomic E-state index is -2.21. The SMILES string of the molecule is CC1=NN(c2c(F)c(F)c(F)c(F)c2F)[C]N1C. The first kappa shape index (κ1) is 12.6. The van der Waals surface area contributed by atoms with Crippen LogP contribution in [0.1, 0.15) is 6.92 Å². The van der Waals surface area contributed by atoms with E-state index in [0.717, 1.165) is 0 Å². The van der Waals surface area contributed by atoms with Crippen molar-refractivity contribution in [2.75, 3.05) is 12.1 Å². The highest BCUT2D eigenvalue weighted by molar-refractivity contribution is 5.84. The predicted molar refractivity (Wildman–Crippen MR) is 52.8 cm³/mol. The molecule has 0 aromatic heterocycles. The van der Waals surface area contributed by atoms with E-state index in [1.165, 1.54) is 18.9 Å². The third-order valence-electron chi connectivity index (χ3n) is 2.37. The number of hydrogen-bond acceptors (Lipinski definition) is 3. The van der Waals surface area contributed by atoms with E-state index in [4.69, 9.17) is 0 Å². The molecule has 1 aliphatic heterocycles. The van der Waals surface area contributed by atoms with Crippen LogP contribution in [0.25, 0.3) is 0 Å². The van der Waals surface area contributed by atoms with Crippen molar-refractivity contribution in [3.63, 3.8) is 0 Å². The number of nitrogens with zero attached hydrogens (tertiary/aromatic N) is 3. The summed E-state index contributed by atoms with van der Waals surface area (Å²) in [5.74, 6) is -9.86. The van der Waals surface area contributed by atoms with Crippen LogP contribution in [0.3, 0.4) is 0 Å². The lowest BCUT2D eigenvalue weighted by Crippen LogP contribution is -2.21. The van der Waals surface area contributed by atoms with E-state index in [-0.39, 0.29) is 0 Å². The van der Waals surface area contributed by atoms with Gasteiger partial charge in [0, 0.05) is 7.05 Å². The van der Waals surface area contributed by atoms with Crippen molar-refractivity contribution < 1.29 is 22.0 Å². The van der Waals surface area contributed by atoms with Crippen LogP contribution in [0, 0.1) is 35.8 Å². The fraction of sp³-hybridized carbons (Fsp3) is 0.200. The fourth-order valence-electron chi connectivity index (χ4n) is 1.33. The second-order valence-electron chi connectivity index (χ2n) is 3.54. The molecular weight excluding hydrogens is 257 g/mol. The molecule has 1 aromatic carbocycles. The van der Waals surface area contributed by atoms with E-state index >= 15 is 0 Å². The summed E-state index contributed by atoms with van der Waals surface area (Å²) in [4.78, 5) is 1.25. The number of halogens is 5. The first-order valence-electron chi connectivity index (χ1n) is 4.71. The van der Waals surface area contributed by atoms with Crippen LogP contribution in [0.2, 0.25) is 0 Å². The summed E-state index contributed by atoms with van der Waals surface area (Å²) in [6, 6.07) is 0. The molecule has 3 nitrogen and oxygen atoms in total. The fourth-order valence-corrected chi connectivity index (χ4v) is 1.33. The monoisotopic (exact) mass is 263 g/mol. The first-order valence-corrected chi connectivity index (χ1v) is 4.71. The van der Waals surface area contributed by atoms with Gasteiger partial charge in [-0.3, -0.25) is 0 Å². The number of hydrazone groups is 1. The first-order chi connectivity index (χ1) is 8.34. The summed E-state index contributed by atoms with van der Waals surface area (Å²) < 4.78 is 65.6. The molecule has 0 spiro atoms. The molecule has 18 heavy (non-hydrogen) atoms. The number of rotatable bonds is 1. The molecule has 2 radical (unpaired) electrons. The Bertz CT molecular complexity index is 514. The van der Waals surface area contributed by atoms with Gasteiger partial charge in [-0.15, -0.1) is 0 Å². The van der Waals surface area contributed by atoms with Gasteiger partial charge in [0.1, 0.15) is 11.5 Å². The summed E-state index contributed by atoms with van der Waals surface area (Å²) in [5.41, 5.74) is -1.16. The maximum absolute atomic E-state index is 13.4.